The van der Waals surface area contributed by atoms with Gasteiger partial charge in [-0.2, -0.15) is 4.39 Å². The fourth-order valence-electron chi connectivity index (χ4n) is 5.41. The predicted molar refractivity (Wildman–Crippen MR) is 152 cm³/mol. The lowest BCUT2D eigenvalue weighted by molar-refractivity contribution is 0.0188. The van der Waals surface area contributed by atoms with Gasteiger partial charge in [0.25, 0.3) is 0 Å². The maximum absolute atomic E-state index is 15.1. The summed E-state index contributed by atoms with van der Waals surface area (Å²) in [6.07, 6.45) is 7.48. The number of aryl methyl sites for hydroxylation is 1. The van der Waals surface area contributed by atoms with Crippen molar-refractivity contribution in [3.05, 3.63) is 88.5 Å². The molecule has 0 heterocycles. The quantitative estimate of drug-likeness (QED) is 0.124. The minimum atomic E-state index is -1.30. The number of benzene rings is 3. The van der Waals surface area contributed by atoms with Gasteiger partial charge in [-0.3, -0.25) is 0 Å². The molecule has 7 heteroatoms. The largest absolute Gasteiger partial charge is 0.490 e. The van der Waals surface area contributed by atoms with E-state index in [1.54, 1.807) is 24.3 Å². The summed E-state index contributed by atoms with van der Waals surface area (Å²) in [5.41, 5.74) is 1.66. The molecule has 1 saturated carbocycles. The molecule has 3 aromatic rings. The number of hydrogen-bond acceptors (Lipinski definition) is 3. The van der Waals surface area contributed by atoms with E-state index in [0.29, 0.717) is 36.8 Å². The zero-order valence-corrected chi connectivity index (χ0v) is 23.8. The normalized spacial score (nSPS) is 16.9. The Balaban J connectivity index is 1.30. The molecule has 1 fully saturated rings. The first-order valence-electron chi connectivity index (χ1n) is 14.7. The van der Waals surface area contributed by atoms with Gasteiger partial charge in [-0.15, -0.1) is 0 Å². The lowest BCUT2D eigenvalue weighted by Gasteiger charge is -2.29. The molecule has 0 radical (unpaired) electrons. The summed E-state index contributed by atoms with van der Waals surface area (Å²) < 4.78 is 70.1. The fraction of sp³-hybridized carbons (Fsp3) is 0.441. The Hall–Kier alpha value is -3.35. The van der Waals surface area contributed by atoms with E-state index in [1.807, 2.05) is 19.1 Å². The van der Waals surface area contributed by atoms with Gasteiger partial charge in [0.05, 0.1) is 12.2 Å². The number of carbonyl (C=O) groups excluding carboxylic acids is 1. The van der Waals surface area contributed by atoms with Gasteiger partial charge in [0.15, 0.2) is 23.2 Å². The van der Waals surface area contributed by atoms with Gasteiger partial charge in [-0.1, -0.05) is 81.0 Å². The summed E-state index contributed by atoms with van der Waals surface area (Å²) >= 11 is 0. The number of unbranched alkanes of at least 4 members (excludes halogenated alkanes) is 5. The van der Waals surface area contributed by atoms with Gasteiger partial charge < -0.3 is 9.47 Å². The third-order valence-electron chi connectivity index (χ3n) is 7.88. The minimum Gasteiger partial charge on any atom is -0.490 e. The summed E-state index contributed by atoms with van der Waals surface area (Å²) in [5.74, 6) is -5.65. The molecular weight excluding hydrogens is 532 g/mol. The van der Waals surface area contributed by atoms with Crippen molar-refractivity contribution < 1.29 is 31.8 Å². The molecule has 0 aromatic heterocycles. The predicted octanol–water partition coefficient (Wildman–Crippen LogP) is 9.84. The highest BCUT2D eigenvalue weighted by atomic mass is 19.2. The van der Waals surface area contributed by atoms with Crippen LogP contribution in [-0.4, -0.2) is 18.7 Å². The SMILES string of the molecule is CCCCCCCCOc1ccc(C(=O)OC2CCC(c3ccc(-c4ccc(C)cc4)c(F)c3F)CC2)c(F)c1F. The summed E-state index contributed by atoms with van der Waals surface area (Å²) in [5, 5.41) is 0. The second-order valence-corrected chi connectivity index (χ2v) is 10.9. The second-order valence-electron chi connectivity index (χ2n) is 10.9. The van der Waals surface area contributed by atoms with Crippen LogP contribution in [0.2, 0.25) is 0 Å². The molecule has 1 aliphatic rings. The Morgan fingerprint density at radius 1 is 0.756 bits per heavy atom. The molecule has 0 spiro atoms. The van der Waals surface area contributed by atoms with E-state index in [9.17, 15) is 18.0 Å². The first-order chi connectivity index (χ1) is 19.8. The van der Waals surface area contributed by atoms with Gasteiger partial charge in [-0.25, -0.2) is 18.0 Å². The number of esters is 1. The van der Waals surface area contributed by atoms with Crippen LogP contribution < -0.4 is 4.74 Å². The van der Waals surface area contributed by atoms with Crippen LogP contribution >= 0.6 is 0 Å². The third-order valence-corrected chi connectivity index (χ3v) is 7.88. The molecule has 3 nitrogen and oxygen atoms in total. The van der Waals surface area contributed by atoms with Crippen molar-refractivity contribution in [2.75, 3.05) is 6.61 Å². The third kappa shape index (κ3) is 7.69. The van der Waals surface area contributed by atoms with E-state index in [4.69, 9.17) is 9.47 Å². The van der Waals surface area contributed by atoms with Crippen molar-refractivity contribution in [1.29, 1.82) is 0 Å². The van der Waals surface area contributed by atoms with Gasteiger partial charge in [0.1, 0.15) is 6.10 Å². The van der Waals surface area contributed by atoms with Crippen molar-refractivity contribution in [3.8, 4) is 16.9 Å². The van der Waals surface area contributed by atoms with Crippen LogP contribution in [0.3, 0.4) is 0 Å². The van der Waals surface area contributed by atoms with Gasteiger partial charge in [0, 0.05) is 5.56 Å². The summed E-state index contributed by atoms with van der Waals surface area (Å²) in [7, 11) is 0. The maximum atomic E-state index is 15.1. The molecule has 0 unspecified atom stereocenters. The molecule has 0 amide bonds. The second kappa shape index (κ2) is 14.5. The van der Waals surface area contributed by atoms with Crippen LogP contribution in [0.15, 0.2) is 48.5 Å². The Labute approximate surface area is 239 Å². The number of halogens is 4. The van der Waals surface area contributed by atoms with Crippen LogP contribution in [0.5, 0.6) is 5.75 Å². The molecule has 220 valence electrons. The average molecular weight is 571 g/mol. The maximum Gasteiger partial charge on any atom is 0.341 e. The van der Waals surface area contributed by atoms with Gasteiger partial charge in [-0.05, 0) is 68.2 Å². The van der Waals surface area contributed by atoms with Crippen molar-refractivity contribution >= 4 is 5.97 Å². The zero-order valence-electron chi connectivity index (χ0n) is 23.8. The smallest absolute Gasteiger partial charge is 0.341 e. The molecule has 0 bridgehead atoms. The van der Waals surface area contributed by atoms with E-state index in [1.165, 1.54) is 18.6 Å². The average Bonchev–Trinajstić information content (AvgIpc) is 2.97. The highest BCUT2D eigenvalue weighted by Crippen LogP contribution is 2.38. The number of rotatable bonds is 12. The Morgan fingerprint density at radius 2 is 1.44 bits per heavy atom. The lowest BCUT2D eigenvalue weighted by atomic mass is 9.82. The van der Waals surface area contributed by atoms with Crippen LogP contribution in [-0.2, 0) is 4.74 Å². The van der Waals surface area contributed by atoms with Crippen molar-refractivity contribution in [2.24, 2.45) is 0 Å². The molecule has 0 N–H and O–H groups in total. The van der Waals surface area contributed by atoms with Crippen molar-refractivity contribution in [3.63, 3.8) is 0 Å². The highest BCUT2D eigenvalue weighted by Gasteiger charge is 2.30. The van der Waals surface area contributed by atoms with E-state index in [0.717, 1.165) is 37.7 Å². The number of ether oxygens (including phenoxy) is 2. The molecular formula is C34H38F4O3. The van der Waals surface area contributed by atoms with Gasteiger partial charge >= 0.3 is 5.97 Å². The monoisotopic (exact) mass is 570 g/mol. The van der Waals surface area contributed by atoms with Crippen LogP contribution in [0.1, 0.15) is 98.5 Å². The highest BCUT2D eigenvalue weighted by molar-refractivity contribution is 5.90. The standard InChI is InChI=1S/C34H38F4O3/c1-3-4-5-6-7-8-21-40-29-20-19-28(32(37)33(29)38)34(39)41-25-15-13-24(14-16-25)27-18-17-26(30(35)31(27)36)23-11-9-22(2)10-12-23/h9-12,17-20,24-25H,3-8,13-16,21H2,1-2H3. The molecule has 4 rings (SSSR count). The Kier molecular flexibility index (Phi) is 10.8. The van der Waals surface area contributed by atoms with E-state index >= 15 is 4.39 Å². The first-order valence-corrected chi connectivity index (χ1v) is 14.7. The lowest BCUT2D eigenvalue weighted by Crippen LogP contribution is -2.25. The Bertz CT molecular complexity index is 1310. The van der Waals surface area contributed by atoms with Crippen LogP contribution in [0.4, 0.5) is 17.6 Å². The molecule has 0 atom stereocenters. The number of hydrogen-bond donors (Lipinski definition) is 0. The first kappa shape index (κ1) is 30.6. The van der Waals surface area contributed by atoms with E-state index in [-0.39, 0.29) is 23.8 Å². The minimum absolute atomic E-state index is 0.210. The topological polar surface area (TPSA) is 35.5 Å². The number of carbonyl (C=O) groups is 1. The molecule has 3 aromatic carbocycles. The molecule has 0 aliphatic heterocycles. The van der Waals surface area contributed by atoms with Gasteiger partial charge in [0.2, 0.25) is 5.82 Å². The zero-order chi connectivity index (χ0) is 29.4. The van der Waals surface area contributed by atoms with E-state index in [2.05, 4.69) is 6.92 Å². The Morgan fingerprint density at radius 3 is 2.15 bits per heavy atom. The molecule has 41 heavy (non-hydrogen) atoms. The van der Waals surface area contributed by atoms with E-state index < -0.39 is 40.9 Å². The van der Waals surface area contributed by atoms with Crippen LogP contribution in [0, 0.1) is 30.2 Å². The van der Waals surface area contributed by atoms with Crippen molar-refractivity contribution in [1.82, 2.24) is 0 Å². The van der Waals surface area contributed by atoms with Crippen molar-refractivity contribution in [2.45, 2.75) is 90.1 Å². The summed E-state index contributed by atoms with van der Waals surface area (Å²) in [4.78, 5) is 12.6. The van der Waals surface area contributed by atoms with Crippen LogP contribution in [0.25, 0.3) is 11.1 Å². The molecule has 1 aliphatic carbocycles. The fourth-order valence-corrected chi connectivity index (χ4v) is 5.41. The summed E-state index contributed by atoms with van der Waals surface area (Å²) in [6, 6.07) is 12.9. The molecule has 0 saturated heterocycles. The summed E-state index contributed by atoms with van der Waals surface area (Å²) in [6.45, 7) is 4.34.